The topological polar surface area (TPSA) is 29.3 Å². The normalized spacial score (nSPS) is 13.2. The zero-order valence-electron chi connectivity index (χ0n) is 13.1. The average Bonchev–Trinajstić information content (AvgIpc) is 2.40. The smallest absolute Gasteiger partial charge is 0.0451 e. The van der Waals surface area contributed by atoms with Gasteiger partial charge in [0.1, 0.15) is 0 Å². The Hall–Kier alpha value is -0.570. The second kappa shape index (κ2) is 9.38. The van der Waals surface area contributed by atoms with Crippen molar-refractivity contribution in [2.24, 2.45) is 17.6 Å². The Balaban J connectivity index is 2.33. The van der Waals surface area contributed by atoms with E-state index in [1.807, 2.05) is 18.2 Å². The molecule has 3 heteroatoms. The standard InChI is InChI=1S/C17H29ClN2/c1-14(2)15(10-11-19)8-6-12-20(3)13-16-7-4-5-9-17(16)18/h4-5,7,9,14-15H,6,8,10-13,19H2,1-3H3. The summed E-state index contributed by atoms with van der Waals surface area (Å²) in [5, 5.41) is 0.863. The Morgan fingerprint density at radius 2 is 1.90 bits per heavy atom. The number of rotatable bonds is 9. The van der Waals surface area contributed by atoms with E-state index in [9.17, 15) is 0 Å². The Morgan fingerprint density at radius 1 is 1.20 bits per heavy atom. The number of hydrogen-bond acceptors (Lipinski definition) is 2. The molecule has 0 aromatic heterocycles. The van der Waals surface area contributed by atoms with Crippen molar-refractivity contribution in [1.82, 2.24) is 4.90 Å². The molecule has 0 aliphatic carbocycles. The summed E-state index contributed by atoms with van der Waals surface area (Å²) < 4.78 is 0. The van der Waals surface area contributed by atoms with E-state index >= 15 is 0 Å². The summed E-state index contributed by atoms with van der Waals surface area (Å²) in [7, 11) is 2.16. The van der Waals surface area contributed by atoms with Crippen LogP contribution in [0.3, 0.4) is 0 Å². The van der Waals surface area contributed by atoms with Gasteiger partial charge in [0.05, 0.1) is 0 Å². The molecule has 0 bridgehead atoms. The molecule has 2 N–H and O–H groups in total. The molecule has 1 aromatic rings. The number of nitrogens with zero attached hydrogens (tertiary/aromatic N) is 1. The van der Waals surface area contributed by atoms with Crippen LogP contribution in [0.15, 0.2) is 24.3 Å². The lowest BCUT2D eigenvalue weighted by atomic mass is 9.88. The van der Waals surface area contributed by atoms with Gasteiger partial charge in [0.2, 0.25) is 0 Å². The second-order valence-electron chi connectivity index (χ2n) is 6.05. The molecule has 0 radical (unpaired) electrons. The predicted octanol–water partition coefficient (Wildman–Crippen LogP) is 4.17. The van der Waals surface area contributed by atoms with Crippen molar-refractivity contribution in [3.8, 4) is 0 Å². The minimum absolute atomic E-state index is 0.729. The first-order valence-electron chi connectivity index (χ1n) is 7.66. The number of nitrogens with two attached hydrogens (primary N) is 1. The summed E-state index contributed by atoms with van der Waals surface area (Å²) in [6, 6.07) is 8.09. The Morgan fingerprint density at radius 3 is 2.50 bits per heavy atom. The maximum atomic E-state index is 6.20. The molecular weight excluding hydrogens is 268 g/mol. The fraction of sp³-hybridized carbons (Fsp3) is 0.647. The van der Waals surface area contributed by atoms with Crippen LogP contribution in [-0.4, -0.2) is 25.0 Å². The molecule has 1 aromatic carbocycles. The molecule has 1 atom stereocenters. The van der Waals surface area contributed by atoms with Crippen molar-refractivity contribution in [3.63, 3.8) is 0 Å². The van der Waals surface area contributed by atoms with E-state index in [4.69, 9.17) is 17.3 Å². The first-order chi connectivity index (χ1) is 9.54. The molecule has 1 rings (SSSR count). The quantitative estimate of drug-likeness (QED) is 0.741. The molecule has 114 valence electrons. The summed E-state index contributed by atoms with van der Waals surface area (Å²) in [5.74, 6) is 1.49. The molecule has 0 saturated carbocycles. The monoisotopic (exact) mass is 296 g/mol. The molecule has 0 spiro atoms. The van der Waals surface area contributed by atoms with Crippen LogP contribution in [0.2, 0.25) is 5.02 Å². The van der Waals surface area contributed by atoms with E-state index in [1.165, 1.54) is 18.4 Å². The predicted molar refractivity (Wildman–Crippen MR) is 89.0 cm³/mol. The van der Waals surface area contributed by atoms with Gasteiger partial charge >= 0.3 is 0 Å². The van der Waals surface area contributed by atoms with Crippen molar-refractivity contribution >= 4 is 11.6 Å². The fourth-order valence-electron chi connectivity index (χ4n) is 2.64. The van der Waals surface area contributed by atoms with E-state index < -0.39 is 0 Å². The highest BCUT2D eigenvalue weighted by atomic mass is 35.5. The zero-order chi connectivity index (χ0) is 15.0. The summed E-state index contributed by atoms with van der Waals surface area (Å²) in [5.41, 5.74) is 6.90. The van der Waals surface area contributed by atoms with Crippen LogP contribution in [0.5, 0.6) is 0 Å². The maximum Gasteiger partial charge on any atom is 0.0451 e. The lowest BCUT2D eigenvalue weighted by molar-refractivity contribution is 0.278. The Kier molecular flexibility index (Phi) is 8.20. The van der Waals surface area contributed by atoms with Crippen molar-refractivity contribution < 1.29 is 0 Å². The van der Waals surface area contributed by atoms with Crippen molar-refractivity contribution in [2.75, 3.05) is 20.1 Å². The van der Waals surface area contributed by atoms with E-state index in [2.05, 4.69) is 31.9 Å². The molecule has 0 heterocycles. The molecule has 0 aliphatic heterocycles. The summed E-state index contributed by atoms with van der Waals surface area (Å²) in [4.78, 5) is 2.35. The SMILES string of the molecule is CC(C)C(CCN)CCCN(C)Cc1ccccc1Cl. The van der Waals surface area contributed by atoms with Crippen LogP contribution < -0.4 is 5.73 Å². The maximum absolute atomic E-state index is 6.20. The van der Waals surface area contributed by atoms with Crippen LogP contribution in [0.1, 0.15) is 38.7 Å². The van der Waals surface area contributed by atoms with Crippen LogP contribution >= 0.6 is 11.6 Å². The molecule has 0 saturated heterocycles. The Labute approximate surface area is 129 Å². The molecule has 1 unspecified atom stereocenters. The van der Waals surface area contributed by atoms with Crippen molar-refractivity contribution in [3.05, 3.63) is 34.9 Å². The highest BCUT2D eigenvalue weighted by molar-refractivity contribution is 6.31. The average molecular weight is 297 g/mol. The number of halogens is 1. The highest BCUT2D eigenvalue weighted by Gasteiger charge is 2.12. The molecular formula is C17H29ClN2. The van der Waals surface area contributed by atoms with Gasteiger partial charge in [-0.25, -0.2) is 0 Å². The third-order valence-electron chi connectivity index (χ3n) is 3.99. The van der Waals surface area contributed by atoms with E-state index in [-0.39, 0.29) is 0 Å². The van der Waals surface area contributed by atoms with Crippen LogP contribution in [-0.2, 0) is 6.54 Å². The third-order valence-corrected chi connectivity index (χ3v) is 4.36. The number of hydrogen-bond donors (Lipinski definition) is 1. The van der Waals surface area contributed by atoms with Gasteiger partial charge in [-0.05, 0) is 62.9 Å². The largest absolute Gasteiger partial charge is 0.330 e. The summed E-state index contributed by atoms with van der Waals surface area (Å²) in [6.45, 7) is 7.43. The lowest BCUT2D eigenvalue weighted by Crippen LogP contribution is -2.21. The minimum Gasteiger partial charge on any atom is -0.330 e. The Bertz CT molecular complexity index is 379. The molecule has 0 aliphatic rings. The summed E-state index contributed by atoms with van der Waals surface area (Å²) >= 11 is 6.20. The van der Waals surface area contributed by atoms with Gasteiger partial charge in [-0.3, -0.25) is 0 Å². The van der Waals surface area contributed by atoms with Crippen LogP contribution in [0.25, 0.3) is 0 Å². The summed E-state index contributed by atoms with van der Waals surface area (Å²) in [6.07, 6.45) is 3.64. The van der Waals surface area contributed by atoms with Gasteiger partial charge in [0.25, 0.3) is 0 Å². The third kappa shape index (κ3) is 6.25. The molecule has 0 fully saturated rings. The highest BCUT2D eigenvalue weighted by Crippen LogP contribution is 2.21. The van der Waals surface area contributed by atoms with Gasteiger partial charge in [0, 0.05) is 11.6 Å². The van der Waals surface area contributed by atoms with E-state index in [0.717, 1.165) is 42.9 Å². The molecule has 0 amide bonds. The molecule has 20 heavy (non-hydrogen) atoms. The first kappa shape index (κ1) is 17.5. The van der Waals surface area contributed by atoms with Gasteiger partial charge in [0.15, 0.2) is 0 Å². The lowest BCUT2D eigenvalue weighted by Gasteiger charge is -2.22. The number of benzene rings is 1. The minimum atomic E-state index is 0.729. The van der Waals surface area contributed by atoms with E-state index in [1.54, 1.807) is 0 Å². The van der Waals surface area contributed by atoms with Crippen LogP contribution in [0, 0.1) is 11.8 Å². The first-order valence-corrected chi connectivity index (χ1v) is 8.04. The van der Waals surface area contributed by atoms with Gasteiger partial charge in [-0.15, -0.1) is 0 Å². The molecule has 2 nitrogen and oxygen atoms in total. The van der Waals surface area contributed by atoms with Gasteiger partial charge in [-0.1, -0.05) is 43.6 Å². The van der Waals surface area contributed by atoms with Gasteiger partial charge < -0.3 is 10.6 Å². The van der Waals surface area contributed by atoms with Crippen molar-refractivity contribution in [2.45, 2.75) is 39.7 Å². The van der Waals surface area contributed by atoms with Gasteiger partial charge in [-0.2, -0.15) is 0 Å². The second-order valence-corrected chi connectivity index (χ2v) is 6.46. The fourth-order valence-corrected chi connectivity index (χ4v) is 2.84. The van der Waals surface area contributed by atoms with E-state index in [0.29, 0.717) is 0 Å². The van der Waals surface area contributed by atoms with Crippen molar-refractivity contribution in [1.29, 1.82) is 0 Å². The zero-order valence-corrected chi connectivity index (χ0v) is 13.9. The van der Waals surface area contributed by atoms with Crippen LogP contribution in [0.4, 0.5) is 0 Å².